The van der Waals surface area contributed by atoms with Crippen LogP contribution in [0.1, 0.15) is 58.3 Å². The van der Waals surface area contributed by atoms with Crippen molar-refractivity contribution in [3.63, 3.8) is 0 Å². The van der Waals surface area contributed by atoms with E-state index in [9.17, 15) is 5.11 Å². The first-order valence-electron chi connectivity index (χ1n) is 8.43. The van der Waals surface area contributed by atoms with Crippen LogP contribution >= 0.6 is 0 Å². The number of hydrogen-bond acceptors (Lipinski definition) is 3. The van der Waals surface area contributed by atoms with Gasteiger partial charge in [-0.25, -0.2) is 0 Å². The van der Waals surface area contributed by atoms with Crippen LogP contribution in [0.2, 0.25) is 0 Å². The molecule has 2 aliphatic rings. The summed E-state index contributed by atoms with van der Waals surface area (Å²) in [6.45, 7) is 5.70. The lowest BCUT2D eigenvalue weighted by Gasteiger charge is -2.40. The van der Waals surface area contributed by atoms with E-state index in [2.05, 4.69) is 17.1 Å². The third-order valence-electron chi connectivity index (χ3n) is 5.07. The summed E-state index contributed by atoms with van der Waals surface area (Å²) in [5.41, 5.74) is 0. The summed E-state index contributed by atoms with van der Waals surface area (Å²) >= 11 is 0. The van der Waals surface area contributed by atoms with Gasteiger partial charge in [-0.15, -0.1) is 0 Å². The molecule has 3 nitrogen and oxygen atoms in total. The van der Waals surface area contributed by atoms with Gasteiger partial charge in [-0.05, 0) is 38.1 Å². The van der Waals surface area contributed by atoms with Gasteiger partial charge in [0.2, 0.25) is 0 Å². The van der Waals surface area contributed by atoms with Crippen molar-refractivity contribution in [2.75, 3.05) is 26.2 Å². The van der Waals surface area contributed by atoms with E-state index in [1.807, 2.05) is 0 Å². The van der Waals surface area contributed by atoms with Gasteiger partial charge in [-0.2, -0.15) is 0 Å². The van der Waals surface area contributed by atoms with E-state index in [-0.39, 0.29) is 0 Å². The molecule has 2 aliphatic carbocycles. The molecule has 0 amide bonds. The average Bonchev–Trinajstić information content (AvgIpc) is 2.54. The average molecular weight is 268 g/mol. The monoisotopic (exact) mass is 268 g/mol. The largest absolute Gasteiger partial charge is 0.395 e. The molecule has 3 heteroatoms. The summed E-state index contributed by atoms with van der Waals surface area (Å²) in [6.07, 6.45) is 11.0. The van der Waals surface area contributed by atoms with Crippen LogP contribution in [0.15, 0.2) is 0 Å². The molecule has 0 aromatic rings. The molecular formula is C16H32N2O. The molecule has 0 bridgehead atoms. The van der Waals surface area contributed by atoms with Crippen LogP contribution in [0.5, 0.6) is 0 Å². The van der Waals surface area contributed by atoms with E-state index in [1.54, 1.807) is 0 Å². The zero-order valence-corrected chi connectivity index (χ0v) is 12.6. The van der Waals surface area contributed by atoms with E-state index >= 15 is 0 Å². The lowest BCUT2D eigenvalue weighted by atomic mass is 9.88. The Labute approximate surface area is 118 Å². The predicted molar refractivity (Wildman–Crippen MR) is 80.3 cm³/mol. The maximum Gasteiger partial charge on any atom is 0.0558 e. The standard InChI is InChI=1S/C16H32N2O/c1-2-17-16-10-5-3-4-7-14(16)13-18(11-12-19)15-8-6-9-15/h14-17,19H,2-13H2,1H3. The second-order valence-corrected chi connectivity index (χ2v) is 6.37. The Kier molecular flexibility index (Phi) is 6.62. The summed E-state index contributed by atoms with van der Waals surface area (Å²) in [5, 5.41) is 13.0. The van der Waals surface area contributed by atoms with Gasteiger partial charge in [0.25, 0.3) is 0 Å². The highest BCUT2D eigenvalue weighted by molar-refractivity contribution is 4.86. The molecule has 0 radical (unpaired) electrons. The number of hydrogen-bond donors (Lipinski definition) is 2. The second-order valence-electron chi connectivity index (χ2n) is 6.37. The Hall–Kier alpha value is -0.120. The topological polar surface area (TPSA) is 35.5 Å². The van der Waals surface area contributed by atoms with Crippen LogP contribution < -0.4 is 5.32 Å². The third kappa shape index (κ3) is 4.44. The van der Waals surface area contributed by atoms with Gasteiger partial charge >= 0.3 is 0 Å². The molecular weight excluding hydrogens is 236 g/mol. The number of nitrogens with zero attached hydrogens (tertiary/aromatic N) is 1. The van der Waals surface area contributed by atoms with Crippen molar-refractivity contribution in [3.05, 3.63) is 0 Å². The summed E-state index contributed by atoms with van der Waals surface area (Å²) in [5.74, 6) is 0.787. The summed E-state index contributed by atoms with van der Waals surface area (Å²) in [6, 6.07) is 1.46. The molecule has 19 heavy (non-hydrogen) atoms. The molecule has 2 rings (SSSR count). The van der Waals surface area contributed by atoms with Gasteiger partial charge in [0, 0.05) is 25.2 Å². The van der Waals surface area contributed by atoms with Gasteiger partial charge in [0.1, 0.15) is 0 Å². The highest BCUT2D eigenvalue weighted by atomic mass is 16.3. The minimum atomic E-state index is 0.315. The Morgan fingerprint density at radius 1 is 1.05 bits per heavy atom. The number of aliphatic hydroxyl groups excluding tert-OH is 1. The van der Waals surface area contributed by atoms with Gasteiger partial charge in [-0.1, -0.05) is 32.6 Å². The van der Waals surface area contributed by atoms with E-state index in [4.69, 9.17) is 0 Å². The normalized spacial score (nSPS) is 29.2. The van der Waals surface area contributed by atoms with Crippen LogP contribution in [0.25, 0.3) is 0 Å². The van der Waals surface area contributed by atoms with E-state index in [0.29, 0.717) is 12.6 Å². The van der Waals surface area contributed by atoms with E-state index in [1.165, 1.54) is 57.9 Å². The minimum Gasteiger partial charge on any atom is -0.395 e. The molecule has 2 fully saturated rings. The van der Waals surface area contributed by atoms with Crippen LogP contribution in [0, 0.1) is 5.92 Å². The van der Waals surface area contributed by atoms with Crippen LogP contribution in [-0.2, 0) is 0 Å². The van der Waals surface area contributed by atoms with Crippen LogP contribution in [-0.4, -0.2) is 48.3 Å². The van der Waals surface area contributed by atoms with Crippen molar-refractivity contribution in [3.8, 4) is 0 Å². The fourth-order valence-electron chi connectivity index (χ4n) is 3.74. The summed E-state index contributed by atoms with van der Waals surface area (Å²) in [7, 11) is 0. The van der Waals surface area contributed by atoms with Crippen molar-refractivity contribution >= 4 is 0 Å². The first kappa shape index (κ1) is 15.3. The highest BCUT2D eigenvalue weighted by Gasteiger charge is 2.30. The van der Waals surface area contributed by atoms with Crippen LogP contribution in [0.4, 0.5) is 0 Å². The van der Waals surface area contributed by atoms with Crippen molar-refractivity contribution in [2.45, 2.75) is 70.4 Å². The number of aliphatic hydroxyl groups is 1. The fraction of sp³-hybridized carbons (Fsp3) is 1.00. The summed E-state index contributed by atoms with van der Waals surface area (Å²) < 4.78 is 0. The zero-order chi connectivity index (χ0) is 13.5. The smallest absolute Gasteiger partial charge is 0.0558 e. The van der Waals surface area contributed by atoms with Crippen molar-refractivity contribution < 1.29 is 5.11 Å². The lowest BCUT2D eigenvalue weighted by Crippen LogP contribution is -2.48. The fourth-order valence-corrected chi connectivity index (χ4v) is 3.74. The Morgan fingerprint density at radius 2 is 1.84 bits per heavy atom. The highest BCUT2D eigenvalue weighted by Crippen LogP contribution is 2.29. The molecule has 0 spiro atoms. The number of rotatable bonds is 7. The predicted octanol–water partition coefficient (Wildman–Crippen LogP) is 2.39. The SMILES string of the molecule is CCNC1CCCCCC1CN(CCO)C1CCC1. The molecule has 2 N–H and O–H groups in total. The molecule has 112 valence electrons. The van der Waals surface area contributed by atoms with Crippen molar-refractivity contribution in [2.24, 2.45) is 5.92 Å². The van der Waals surface area contributed by atoms with E-state index < -0.39 is 0 Å². The molecule has 0 aromatic heterocycles. The molecule has 2 atom stereocenters. The summed E-state index contributed by atoms with van der Waals surface area (Å²) in [4.78, 5) is 2.57. The molecule has 0 heterocycles. The van der Waals surface area contributed by atoms with Gasteiger partial charge in [0.05, 0.1) is 6.61 Å². The molecule has 0 saturated heterocycles. The lowest BCUT2D eigenvalue weighted by molar-refractivity contribution is 0.0757. The van der Waals surface area contributed by atoms with Crippen molar-refractivity contribution in [1.82, 2.24) is 10.2 Å². The van der Waals surface area contributed by atoms with Gasteiger partial charge in [-0.3, -0.25) is 4.90 Å². The third-order valence-corrected chi connectivity index (χ3v) is 5.07. The number of nitrogens with one attached hydrogen (secondary N) is 1. The minimum absolute atomic E-state index is 0.315. The Balaban J connectivity index is 1.90. The molecule has 0 aromatic carbocycles. The second kappa shape index (κ2) is 8.23. The van der Waals surface area contributed by atoms with E-state index in [0.717, 1.165) is 25.0 Å². The Morgan fingerprint density at radius 3 is 2.47 bits per heavy atom. The molecule has 2 saturated carbocycles. The first-order chi connectivity index (χ1) is 9.35. The first-order valence-corrected chi connectivity index (χ1v) is 8.43. The quantitative estimate of drug-likeness (QED) is 0.696. The zero-order valence-electron chi connectivity index (χ0n) is 12.6. The van der Waals surface area contributed by atoms with Crippen molar-refractivity contribution in [1.29, 1.82) is 0 Å². The maximum absolute atomic E-state index is 9.30. The van der Waals surface area contributed by atoms with Gasteiger partial charge < -0.3 is 10.4 Å². The van der Waals surface area contributed by atoms with Gasteiger partial charge in [0.15, 0.2) is 0 Å². The van der Waals surface area contributed by atoms with Crippen LogP contribution in [0.3, 0.4) is 0 Å². The maximum atomic E-state index is 9.30. The molecule has 2 unspecified atom stereocenters. The molecule has 0 aliphatic heterocycles. The Bertz CT molecular complexity index is 243.